The Kier molecular flexibility index (Phi) is 6.42. The molecule has 1 unspecified atom stereocenters. The van der Waals surface area contributed by atoms with Gasteiger partial charge in [-0.15, -0.1) is 0 Å². The number of rotatable bonds is 5. The SMILES string of the molecule is CCCC(C)OCc1cc(F)cc(C#CCO)c1. The van der Waals surface area contributed by atoms with E-state index in [4.69, 9.17) is 9.84 Å². The monoisotopic (exact) mass is 250 g/mol. The molecular weight excluding hydrogens is 231 g/mol. The quantitative estimate of drug-likeness (QED) is 0.814. The molecule has 0 fully saturated rings. The van der Waals surface area contributed by atoms with Crippen LogP contribution in [0.25, 0.3) is 0 Å². The summed E-state index contributed by atoms with van der Waals surface area (Å²) in [4.78, 5) is 0. The van der Waals surface area contributed by atoms with Crippen molar-refractivity contribution in [3.05, 3.63) is 35.1 Å². The molecule has 0 aliphatic rings. The first-order valence-corrected chi connectivity index (χ1v) is 6.16. The van der Waals surface area contributed by atoms with Crippen LogP contribution in [0.3, 0.4) is 0 Å². The maximum atomic E-state index is 13.3. The van der Waals surface area contributed by atoms with E-state index in [1.807, 2.05) is 6.92 Å². The van der Waals surface area contributed by atoms with Gasteiger partial charge in [-0.3, -0.25) is 0 Å². The smallest absolute Gasteiger partial charge is 0.124 e. The third-order valence-corrected chi connectivity index (χ3v) is 2.50. The summed E-state index contributed by atoms with van der Waals surface area (Å²) in [6, 6.07) is 4.58. The van der Waals surface area contributed by atoms with Crippen LogP contribution < -0.4 is 0 Å². The van der Waals surface area contributed by atoms with Gasteiger partial charge in [0.15, 0.2) is 0 Å². The Morgan fingerprint density at radius 1 is 1.39 bits per heavy atom. The van der Waals surface area contributed by atoms with Gasteiger partial charge in [-0.1, -0.05) is 25.2 Å². The molecule has 98 valence electrons. The lowest BCUT2D eigenvalue weighted by molar-refractivity contribution is 0.0470. The first kappa shape index (κ1) is 14.7. The van der Waals surface area contributed by atoms with Crippen molar-refractivity contribution in [2.45, 2.75) is 39.4 Å². The molecule has 1 aromatic rings. The molecule has 18 heavy (non-hydrogen) atoms. The minimum absolute atomic E-state index is 0.172. The van der Waals surface area contributed by atoms with E-state index in [0.29, 0.717) is 12.2 Å². The number of aliphatic hydroxyl groups excluding tert-OH is 1. The van der Waals surface area contributed by atoms with Gasteiger partial charge in [0.25, 0.3) is 0 Å². The maximum absolute atomic E-state index is 13.3. The predicted molar refractivity (Wildman–Crippen MR) is 69.5 cm³/mol. The Morgan fingerprint density at radius 2 is 2.17 bits per heavy atom. The van der Waals surface area contributed by atoms with Crippen LogP contribution >= 0.6 is 0 Å². The molecule has 0 bridgehead atoms. The van der Waals surface area contributed by atoms with Crippen molar-refractivity contribution in [1.82, 2.24) is 0 Å². The average Bonchev–Trinajstić information content (AvgIpc) is 2.34. The highest BCUT2D eigenvalue weighted by atomic mass is 19.1. The van der Waals surface area contributed by atoms with Crippen molar-refractivity contribution in [3.63, 3.8) is 0 Å². The minimum Gasteiger partial charge on any atom is -0.384 e. The van der Waals surface area contributed by atoms with Gasteiger partial charge in [-0.25, -0.2) is 4.39 Å². The number of halogens is 1. The van der Waals surface area contributed by atoms with Gasteiger partial charge in [0.05, 0.1) is 12.7 Å². The van der Waals surface area contributed by atoms with Crippen molar-refractivity contribution in [2.75, 3.05) is 6.61 Å². The molecule has 0 heterocycles. The van der Waals surface area contributed by atoms with E-state index in [2.05, 4.69) is 18.8 Å². The van der Waals surface area contributed by atoms with Crippen LogP contribution in [0.1, 0.15) is 37.8 Å². The Morgan fingerprint density at radius 3 is 2.83 bits per heavy atom. The molecule has 1 atom stereocenters. The summed E-state index contributed by atoms with van der Waals surface area (Å²) in [6.45, 7) is 4.27. The van der Waals surface area contributed by atoms with Crippen LogP contribution in [0.5, 0.6) is 0 Å². The Hall–Kier alpha value is -1.37. The second-order valence-electron chi connectivity index (χ2n) is 4.22. The summed E-state index contributed by atoms with van der Waals surface area (Å²) in [5.41, 5.74) is 1.32. The fourth-order valence-electron chi connectivity index (χ4n) is 1.68. The van der Waals surface area contributed by atoms with Crippen molar-refractivity contribution >= 4 is 0 Å². The number of benzene rings is 1. The zero-order valence-electron chi connectivity index (χ0n) is 10.9. The summed E-state index contributed by atoms with van der Waals surface area (Å²) < 4.78 is 19.0. The lowest BCUT2D eigenvalue weighted by Crippen LogP contribution is -2.07. The van der Waals surface area contributed by atoms with Gasteiger partial charge >= 0.3 is 0 Å². The number of hydrogen-bond acceptors (Lipinski definition) is 2. The van der Waals surface area contributed by atoms with Crippen molar-refractivity contribution < 1.29 is 14.2 Å². The van der Waals surface area contributed by atoms with E-state index in [1.165, 1.54) is 12.1 Å². The van der Waals surface area contributed by atoms with Gasteiger partial charge in [0.2, 0.25) is 0 Å². The molecule has 0 aliphatic carbocycles. The van der Waals surface area contributed by atoms with Crippen LogP contribution in [-0.2, 0) is 11.3 Å². The molecule has 0 aliphatic heterocycles. The number of aliphatic hydroxyl groups is 1. The molecule has 0 saturated heterocycles. The molecule has 0 amide bonds. The van der Waals surface area contributed by atoms with Crippen molar-refractivity contribution in [2.24, 2.45) is 0 Å². The molecule has 1 rings (SSSR count). The second-order valence-corrected chi connectivity index (χ2v) is 4.22. The van der Waals surface area contributed by atoms with E-state index < -0.39 is 0 Å². The lowest BCUT2D eigenvalue weighted by Gasteiger charge is -2.12. The van der Waals surface area contributed by atoms with Crippen molar-refractivity contribution in [3.8, 4) is 11.8 Å². The fraction of sp³-hybridized carbons (Fsp3) is 0.467. The highest BCUT2D eigenvalue weighted by Gasteiger charge is 2.03. The maximum Gasteiger partial charge on any atom is 0.124 e. The highest BCUT2D eigenvalue weighted by molar-refractivity contribution is 5.37. The lowest BCUT2D eigenvalue weighted by atomic mass is 10.1. The van der Waals surface area contributed by atoms with Crippen molar-refractivity contribution in [1.29, 1.82) is 0 Å². The summed E-state index contributed by atoms with van der Waals surface area (Å²) in [5, 5.41) is 8.61. The van der Waals surface area contributed by atoms with Gasteiger partial charge in [-0.05, 0) is 37.1 Å². The summed E-state index contributed by atoms with van der Waals surface area (Å²) in [5.74, 6) is 4.86. The standard InChI is InChI=1S/C15H19FO2/c1-3-5-12(2)18-11-14-8-13(6-4-7-17)9-15(16)10-14/h8-10,12,17H,3,5,7,11H2,1-2H3. The zero-order valence-corrected chi connectivity index (χ0v) is 10.9. The molecule has 1 aromatic carbocycles. The molecular formula is C15H19FO2. The van der Waals surface area contributed by atoms with Crippen LogP contribution in [0.2, 0.25) is 0 Å². The summed E-state index contributed by atoms with van der Waals surface area (Å²) in [7, 11) is 0. The van der Waals surface area contributed by atoms with Crippen LogP contribution in [-0.4, -0.2) is 17.8 Å². The Bertz CT molecular complexity index is 432. The van der Waals surface area contributed by atoms with Gasteiger partial charge in [-0.2, -0.15) is 0 Å². The minimum atomic E-state index is -0.332. The largest absolute Gasteiger partial charge is 0.384 e. The van der Waals surface area contributed by atoms with Gasteiger partial charge in [0.1, 0.15) is 12.4 Å². The van der Waals surface area contributed by atoms with E-state index in [0.717, 1.165) is 18.4 Å². The zero-order chi connectivity index (χ0) is 13.4. The normalized spacial score (nSPS) is 11.8. The molecule has 0 saturated carbocycles. The third kappa shape index (κ3) is 5.31. The number of ether oxygens (including phenoxy) is 1. The Balaban J connectivity index is 2.68. The van der Waals surface area contributed by atoms with Gasteiger partial charge in [0, 0.05) is 5.56 Å². The fourth-order valence-corrected chi connectivity index (χ4v) is 1.68. The first-order chi connectivity index (χ1) is 8.65. The van der Waals surface area contributed by atoms with E-state index in [-0.39, 0.29) is 18.5 Å². The topological polar surface area (TPSA) is 29.5 Å². The van der Waals surface area contributed by atoms with Crippen LogP contribution in [0, 0.1) is 17.7 Å². The first-order valence-electron chi connectivity index (χ1n) is 6.16. The molecule has 0 aromatic heterocycles. The third-order valence-electron chi connectivity index (χ3n) is 2.50. The van der Waals surface area contributed by atoms with Crippen LogP contribution in [0.4, 0.5) is 4.39 Å². The summed E-state index contributed by atoms with van der Waals surface area (Å²) in [6.07, 6.45) is 2.23. The van der Waals surface area contributed by atoms with E-state index in [1.54, 1.807) is 6.07 Å². The average molecular weight is 250 g/mol. The Labute approximate surface area is 108 Å². The molecule has 2 nitrogen and oxygen atoms in total. The van der Waals surface area contributed by atoms with E-state index >= 15 is 0 Å². The molecule has 3 heteroatoms. The number of hydrogen-bond donors (Lipinski definition) is 1. The van der Waals surface area contributed by atoms with Gasteiger partial charge < -0.3 is 9.84 Å². The second kappa shape index (κ2) is 7.86. The molecule has 0 spiro atoms. The van der Waals surface area contributed by atoms with Crippen LogP contribution in [0.15, 0.2) is 18.2 Å². The summed E-state index contributed by atoms with van der Waals surface area (Å²) >= 11 is 0. The molecule has 0 radical (unpaired) electrons. The van der Waals surface area contributed by atoms with E-state index in [9.17, 15) is 4.39 Å². The molecule has 1 N–H and O–H groups in total. The predicted octanol–water partition coefficient (Wildman–Crippen LogP) is 2.87. The highest BCUT2D eigenvalue weighted by Crippen LogP contribution is 2.12.